The third-order valence-electron chi connectivity index (χ3n) is 4.92. The van der Waals surface area contributed by atoms with Crippen LogP contribution in [0.1, 0.15) is 33.6 Å². The van der Waals surface area contributed by atoms with Gasteiger partial charge in [-0.25, -0.2) is 8.42 Å². The molecule has 9 heteroatoms. The summed E-state index contributed by atoms with van der Waals surface area (Å²) in [5.74, 6) is -0.00289. The second kappa shape index (κ2) is 7.61. The van der Waals surface area contributed by atoms with Crippen molar-refractivity contribution in [2.24, 2.45) is 0 Å². The molecule has 0 spiro atoms. The molecule has 1 saturated heterocycles. The van der Waals surface area contributed by atoms with Gasteiger partial charge in [0.05, 0.1) is 9.82 Å². The van der Waals surface area contributed by atoms with Crippen LogP contribution in [0.4, 0.5) is 11.4 Å². The Morgan fingerprint density at radius 1 is 1.23 bits per heavy atom. The summed E-state index contributed by atoms with van der Waals surface area (Å²) >= 11 is 0. The molecule has 1 amide bonds. The Morgan fingerprint density at radius 3 is 2.31 bits per heavy atom. The molecule has 2 rings (SSSR count). The number of amides is 1. The van der Waals surface area contributed by atoms with Crippen molar-refractivity contribution in [1.29, 1.82) is 0 Å². The van der Waals surface area contributed by atoms with Gasteiger partial charge in [0.15, 0.2) is 9.84 Å². The van der Waals surface area contributed by atoms with Gasteiger partial charge in [-0.05, 0) is 25.0 Å². The Labute approximate surface area is 153 Å². The zero-order valence-corrected chi connectivity index (χ0v) is 16.3. The summed E-state index contributed by atoms with van der Waals surface area (Å²) in [5, 5.41) is 11.6. The van der Waals surface area contributed by atoms with Gasteiger partial charge in [-0.15, -0.1) is 0 Å². The Hall–Kier alpha value is -2.16. The van der Waals surface area contributed by atoms with Gasteiger partial charge in [0.25, 0.3) is 5.69 Å². The Kier molecular flexibility index (Phi) is 5.90. The predicted molar refractivity (Wildman–Crippen MR) is 99.1 cm³/mol. The summed E-state index contributed by atoms with van der Waals surface area (Å²) < 4.78 is 23.5. The lowest BCUT2D eigenvalue weighted by Crippen LogP contribution is -2.59. The highest BCUT2D eigenvalue weighted by Gasteiger charge is 2.36. The number of nitrogens with zero attached hydrogens (tertiary/aromatic N) is 3. The standard InChI is InChI=1S/C17H25N3O5S/c1-5-13-11-19(14(6-2)10-18(13)12(3)21)16-8-7-15(26(4,24)25)9-17(16)20(22)23/h7-9,13-14H,5-6,10-11H2,1-4H3/t13-,14-/m0/s1. The molecule has 1 heterocycles. The fraction of sp³-hybridized carbons (Fsp3) is 0.588. The molecule has 0 bridgehead atoms. The fourth-order valence-electron chi connectivity index (χ4n) is 3.45. The van der Waals surface area contributed by atoms with Gasteiger partial charge in [0, 0.05) is 44.4 Å². The third kappa shape index (κ3) is 3.98. The number of carbonyl (C=O) groups is 1. The average Bonchev–Trinajstić information content (AvgIpc) is 2.58. The third-order valence-corrected chi connectivity index (χ3v) is 6.03. The van der Waals surface area contributed by atoms with E-state index in [1.807, 2.05) is 23.6 Å². The molecule has 26 heavy (non-hydrogen) atoms. The molecule has 0 N–H and O–H groups in total. The first kappa shape index (κ1) is 20.2. The highest BCUT2D eigenvalue weighted by atomic mass is 32.2. The molecule has 1 fully saturated rings. The van der Waals surface area contributed by atoms with E-state index in [-0.39, 0.29) is 28.6 Å². The molecule has 1 aromatic rings. The van der Waals surface area contributed by atoms with Crippen molar-refractivity contribution in [3.63, 3.8) is 0 Å². The molecule has 0 aliphatic carbocycles. The van der Waals surface area contributed by atoms with Crippen molar-refractivity contribution in [2.75, 3.05) is 24.2 Å². The van der Waals surface area contributed by atoms with Crippen LogP contribution in [0.3, 0.4) is 0 Å². The smallest absolute Gasteiger partial charge is 0.293 e. The number of anilines is 1. The Morgan fingerprint density at radius 2 is 1.85 bits per heavy atom. The van der Waals surface area contributed by atoms with Crippen molar-refractivity contribution < 1.29 is 18.1 Å². The second-order valence-electron chi connectivity index (χ2n) is 6.63. The van der Waals surface area contributed by atoms with Crippen LogP contribution in [0, 0.1) is 10.1 Å². The summed E-state index contributed by atoms with van der Waals surface area (Å²) in [7, 11) is -3.54. The summed E-state index contributed by atoms with van der Waals surface area (Å²) in [5.41, 5.74) is 0.174. The number of hydrogen-bond donors (Lipinski definition) is 0. The molecule has 0 aromatic heterocycles. The number of benzene rings is 1. The zero-order valence-electron chi connectivity index (χ0n) is 15.5. The van der Waals surface area contributed by atoms with Gasteiger partial charge in [-0.3, -0.25) is 14.9 Å². The van der Waals surface area contributed by atoms with Crippen LogP contribution in [0.2, 0.25) is 0 Å². The maximum absolute atomic E-state index is 11.9. The van der Waals surface area contributed by atoms with Crippen LogP contribution < -0.4 is 4.90 Å². The van der Waals surface area contributed by atoms with Crippen LogP contribution in [0.15, 0.2) is 23.1 Å². The van der Waals surface area contributed by atoms with E-state index in [1.54, 1.807) is 0 Å². The number of nitro benzene ring substituents is 1. The summed E-state index contributed by atoms with van der Waals surface area (Å²) in [6.07, 6.45) is 2.48. The number of nitro groups is 1. The number of carbonyl (C=O) groups excluding carboxylic acids is 1. The van der Waals surface area contributed by atoms with E-state index in [0.29, 0.717) is 25.2 Å². The molecule has 2 atom stereocenters. The van der Waals surface area contributed by atoms with Crippen LogP contribution >= 0.6 is 0 Å². The molecule has 1 aliphatic heterocycles. The lowest BCUT2D eigenvalue weighted by atomic mass is 10.0. The molecule has 1 aliphatic rings. The lowest BCUT2D eigenvalue weighted by Gasteiger charge is -2.46. The zero-order chi connectivity index (χ0) is 19.6. The number of sulfone groups is 1. The topological polar surface area (TPSA) is 101 Å². The van der Waals surface area contributed by atoms with E-state index in [9.17, 15) is 23.3 Å². The van der Waals surface area contributed by atoms with E-state index in [1.165, 1.54) is 19.1 Å². The van der Waals surface area contributed by atoms with Gasteiger partial charge in [0.1, 0.15) is 5.69 Å². The maximum atomic E-state index is 11.9. The number of rotatable bonds is 5. The quantitative estimate of drug-likeness (QED) is 0.571. The molecule has 0 saturated carbocycles. The predicted octanol–water partition coefficient (Wildman–Crippen LogP) is 2.22. The molecule has 8 nitrogen and oxygen atoms in total. The van der Waals surface area contributed by atoms with Gasteiger partial charge in [0.2, 0.25) is 5.91 Å². The van der Waals surface area contributed by atoms with Gasteiger partial charge >= 0.3 is 0 Å². The van der Waals surface area contributed by atoms with E-state index >= 15 is 0 Å². The second-order valence-corrected chi connectivity index (χ2v) is 8.64. The first-order valence-electron chi connectivity index (χ1n) is 8.62. The normalized spacial score (nSPS) is 20.9. The Bertz CT molecular complexity index is 809. The van der Waals surface area contributed by atoms with Gasteiger partial charge < -0.3 is 9.80 Å². The highest BCUT2D eigenvalue weighted by molar-refractivity contribution is 7.90. The van der Waals surface area contributed by atoms with E-state index in [0.717, 1.165) is 18.7 Å². The average molecular weight is 383 g/mol. The largest absolute Gasteiger partial charge is 0.359 e. The Balaban J connectivity index is 2.51. The first-order chi connectivity index (χ1) is 12.1. The van der Waals surface area contributed by atoms with Crippen molar-refractivity contribution in [3.05, 3.63) is 28.3 Å². The summed E-state index contributed by atoms with van der Waals surface area (Å²) in [6, 6.07) is 3.93. The van der Waals surface area contributed by atoms with E-state index in [4.69, 9.17) is 0 Å². The van der Waals surface area contributed by atoms with Crippen molar-refractivity contribution in [2.45, 2.75) is 50.6 Å². The first-order valence-corrected chi connectivity index (χ1v) is 10.5. The van der Waals surface area contributed by atoms with Crippen LogP contribution in [0.5, 0.6) is 0 Å². The molecular formula is C17H25N3O5S. The maximum Gasteiger partial charge on any atom is 0.293 e. The number of hydrogen-bond acceptors (Lipinski definition) is 6. The van der Waals surface area contributed by atoms with Crippen LogP contribution in [-0.2, 0) is 14.6 Å². The molecule has 1 aromatic carbocycles. The minimum Gasteiger partial charge on any atom is -0.359 e. The molecule has 0 unspecified atom stereocenters. The monoisotopic (exact) mass is 383 g/mol. The fourth-order valence-corrected chi connectivity index (χ4v) is 4.09. The molecular weight excluding hydrogens is 358 g/mol. The van der Waals surface area contributed by atoms with Gasteiger partial charge in [-0.1, -0.05) is 13.8 Å². The summed E-state index contributed by atoms with van der Waals surface area (Å²) in [6.45, 7) is 6.46. The SMILES string of the molecule is CC[C@H]1CN(c2ccc(S(C)(=O)=O)cc2[N+](=O)[O-])[C@@H](CC)CN1C(C)=O. The van der Waals surface area contributed by atoms with Crippen molar-refractivity contribution in [3.8, 4) is 0 Å². The van der Waals surface area contributed by atoms with Gasteiger partial charge in [-0.2, -0.15) is 0 Å². The van der Waals surface area contributed by atoms with Crippen LogP contribution in [0.25, 0.3) is 0 Å². The van der Waals surface area contributed by atoms with Crippen LogP contribution in [-0.4, -0.2) is 55.6 Å². The lowest BCUT2D eigenvalue weighted by molar-refractivity contribution is -0.384. The minimum absolute atomic E-state index is 0.00289. The summed E-state index contributed by atoms with van der Waals surface area (Å²) in [4.78, 5) is 26.7. The highest BCUT2D eigenvalue weighted by Crippen LogP contribution is 2.35. The number of piperazine rings is 1. The minimum atomic E-state index is -3.54. The van der Waals surface area contributed by atoms with Crippen molar-refractivity contribution >= 4 is 27.1 Å². The van der Waals surface area contributed by atoms with Crippen molar-refractivity contribution in [1.82, 2.24) is 4.90 Å². The molecule has 0 radical (unpaired) electrons. The van der Waals surface area contributed by atoms with E-state index in [2.05, 4.69) is 0 Å². The van der Waals surface area contributed by atoms with E-state index < -0.39 is 14.8 Å². The molecule has 144 valence electrons.